The zero-order valence-corrected chi connectivity index (χ0v) is 16.9. The van der Waals surface area contributed by atoms with Crippen molar-refractivity contribution in [1.29, 1.82) is 0 Å². The number of ether oxygens (including phenoxy) is 2. The van der Waals surface area contributed by atoms with Gasteiger partial charge in [-0.2, -0.15) is 0 Å². The van der Waals surface area contributed by atoms with E-state index < -0.39 is 36.0 Å². The Hall–Kier alpha value is -1.92. The van der Waals surface area contributed by atoms with Crippen molar-refractivity contribution < 1.29 is 29.3 Å². The summed E-state index contributed by atoms with van der Waals surface area (Å²) in [7, 11) is 1.44. The average molecular weight is 380 g/mol. The van der Waals surface area contributed by atoms with Gasteiger partial charge in [0.2, 0.25) is 0 Å². The number of cyclic esters (lactones) is 1. The topological polar surface area (TPSA) is 93.1 Å². The lowest BCUT2D eigenvalue weighted by Crippen LogP contribution is -2.48. The lowest BCUT2D eigenvalue weighted by atomic mass is 9.86. The predicted octanol–water partition coefficient (Wildman–Crippen LogP) is 2.70. The first-order valence-corrected chi connectivity index (χ1v) is 9.26. The van der Waals surface area contributed by atoms with Crippen LogP contribution in [0.1, 0.15) is 47.0 Å². The second-order valence-electron chi connectivity index (χ2n) is 7.35. The van der Waals surface area contributed by atoms with Crippen LogP contribution in [-0.2, 0) is 19.1 Å². The fraction of sp³-hybridized carbons (Fsp3) is 0.619. The third-order valence-corrected chi connectivity index (χ3v) is 4.82. The summed E-state index contributed by atoms with van der Waals surface area (Å²) in [6.07, 6.45) is 4.19. The van der Waals surface area contributed by atoms with E-state index in [1.54, 1.807) is 6.08 Å². The zero-order chi connectivity index (χ0) is 20.8. The molecular formula is C21H32O6. The molecule has 1 aliphatic rings. The van der Waals surface area contributed by atoms with Crippen LogP contribution in [0.15, 0.2) is 35.6 Å². The molecule has 0 aliphatic carbocycles. The molecule has 0 unspecified atom stereocenters. The number of hydrogen-bond acceptors (Lipinski definition) is 6. The summed E-state index contributed by atoms with van der Waals surface area (Å²) < 4.78 is 10.8. The molecule has 0 aromatic rings. The molecule has 0 saturated carbocycles. The van der Waals surface area contributed by atoms with Gasteiger partial charge in [-0.1, -0.05) is 32.1 Å². The Labute approximate surface area is 161 Å². The van der Waals surface area contributed by atoms with Gasteiger partial charge in [0, 0.05) is 6.42 Å². The SMILES string of the molecule is C=C1/C=C(\C)[C@H](CC)OC(=O)[C@H](C)C(=O)[C@](O)(CO)C/C(OC)=C/[C@@H](C)C1. The number of aliphatic hydroxyl groups excluding tert-OH is 1. The fourth-order valence-electron chi connectivity index (χ4n) is 3.22. The van der Waals surface area contributed by atoms with Crippen LogP contribution < -0.4 is 0 Å². The molecule has 1 rings (SSSR count). The predicted molar refractivity (Wildman–Crippen MR) is 103 cm³/mol. The second-order valence-corrected chi connectivity index (χ2v) is 7.35. The highest BCUT2D eigenvalue weighted by Gasteiger charge is 2.42. The van der Waals surface area contributed by atoms with Gasteiger partial charge in [-0.3, -0.25) is 9.59 Å². The maximum Gasteiger partial charge on any atom is 0.316 e. The van der Waals surface area contributed by atoms with Crippen LogP contribution in [0.3, 0.4) is 0 Å². The number of esters is 1. The molecule has 0 spiro atoms. The number of carbonyl (C=O) groups excluding carboxylic acids is 2. The Morgan fingerprint density at radius 2 is 2.00 bits per heavy atom. The lowest BCUT2D eigenvalue weighted by Gasteiger charge is -2.29. The second kappa shape index (κ2) is 9.85. The molecular weight excluding hydrogens is 348 g/mol. The normalized spacial score (nSPS) is 35.4. The van der Waals surface area contributed by atoms with Gasteiger partial charge in [-0.25, -0.2) is 0 Å². The number of allylic oxidation sites excluding steroid dienone is 3. The first-order chi connectivity index (χ1) is 12.6. The summed E-state index contributed by atoms with van der Waals surface area (Å²) in [5, 5.41) is 20.4. The van der Waals surface area contributed by atoms with Crippen molar-refractivity contribution in [2.75, 3.05) is 13.7 Å². The third kappa shape index (κ3) is 6.04. The molecule has 6 nitrogen and oxygen atoms in total. The number of Topliss-reactive ketones (excluding diaryl/α,β-unsaturated/α-hetero) is 1. The highest BCUT2D eigenvalue weighted by atomic mass is 16.5. The van der Waals surface area contributed by atoms with E-state index >= 15 is 0 Å². The summed E-state index contributed by atoms with van der Waals surface area (Å²) in [4.78, 5) is 25.2. The number of carbonyl (C=O) groups is 2. The van der Waals surface area contributed by atoms with Gasteiger partial charge in [0.25, 0.3) is 0 Å². The average Bonchev–Trinajstić information content (AvgIpc) is 2.62. The van der Waals surface area contributed by atoms with Gasteiger partial charge in [0.15, 0.2) is 11.4 Å². The summed E-state index contributed by atoms with van der Waals surface area (Å²) in [5.74, 6) is -2.33. The Morgan fingerprint density at radius 3 is 2.52 bits per heavy atom. The number of methoxy groups -OCH3 is 1. The fourth-order valence-corrected chi connectivity index (χ4v) is 3.22. The molecule has 0 bridgehead atoms. The summed E-state index contributed by atoms with van der Waals surface area (Å²) in [6, 6.07) is 0. The minimum absolute atomic E-state index is 0.0394. The van der Waals surface area contributed by atoms with E-state index in [4.69, 9.17) is 9.47 Å². The molecule has 0 radical (unpaired) electrons. The highest BCUT2D eigenvalue weighted by molar-refractivity contribution is 6.03. The van der Waals surface area contributed by atoms with E-state index in [0.717, 1.165) is 11.1 Å². The number of ketones is 1. The minimum Gasteiger partial charge on any atom is -0.501 e. The van der Waals surface area contributed by atoms with Crippen LogP contribution in [0.25, 0.3) is 0 Å². The van der Waals surface area contributed by atoms with Crippen molar-refractivity contribution in [1.82, 2.24) is 0 Å². The van der Waals surface area contributed by atoms with Crippen molar-refractivity contribution in [2.24, 2.45) is 11.8 Å². The first-order valence-electron chi connectivity index (χ1n) is 9.26. The quantitative estimate of drug-likeness (QED) is 0.578. The number of aliphatic hydroxyl groups is 2. The molecule has 27 heavy (non-hydrogen) atoms. The molecule has 152 valence electrons. The highest BCUT2D eigenvalue weighted by Crippen LogP contribution is 2.27. The van der Waals surface area contributed by atoms with E-state index in [1.165, 1.54) is 14.0 Å². The number of rotatable bonds is 3. The van der Waals surface area contributed by atoms with Gasteiger partial charge in [0.05, 0.1) is 19.5 Å². The summed E-state index contributed by atoms with van der Waals surface area (Å²) in [6.45, 7) is 10.3. The van der Waals surface area contributed by atoms with Crippen LogP contribution in [0.5, 0.6) is 0 Å². The molecule has 0 aromatic heterocycles. The monoisotopic (exact) mass is 380 g/mol. The minimum atomic E-state index is -2.12. The van der Waals surface area contributed by atoms with Crippen molar-refractivity contribution in [3.8, 4) is 0 Å². The van der Waals surface area contributed by atoms with Crippen molar-refractivity contribution in [2.45, 2.75) is 58.7 Å². The Morgan fingerprint density at radius 1 is 1.37 bits per heavy atom. The molecule has 0 amide bonds. The summed E-state index contributed by atoms with van der Waals surface area (Å²) in [5.41, 5.74) is -0.402. The molecule has 6 heteroatoms. The zero-order valence-electron chi connectivity index (χ0n) is 16.9. The standard InChI is InChI=1S/C21H32O6/c1-7-18-15(4)9-13(2)8-14(3)10-17(26-6)11-21(25,12-22)19(23)16(5)20(24)27-18/h9-10,14,16,18,22,25H,2,7-8,11-12H2,1,3-6H3/b15-9+,17-10-/t14-,16+,18-,21+/m0/s1. The molecule has 4 atom stereocenters. The largest absolute Gasteiger partial charge is 0.501 e. The van der Waals surface area contributed by atoms with Gasteiger partial charge in [0.1, 0.15) is 12.0 Å². The van der Waals surface area contributed by atoms with Gasteiger partial charge >= 0.3 is 5.97 Å². The molecule has 0 saturated heterocycles. The molecule has 0 fully saturated rings. The van der Waals surface area contributed by atoms with E-state index in [-0.39, 0.29) is 12.3 Å². The molecule has 1 aliphatic heterocycles. The van der Waals surface area contributed by atoms with Crippen LogP contribution in [-0.4, -0.2) is 47.4 Å². The Bertz CT molecular complexity index is 633. The number of hydrogen-bond donors (Lipinski definition) is 2. The van der Waals surface area contributed by atoms with E-state index in [9.17, 15) is 19.8 Å². The lowest BCUT2D eigenvalue weighted by molar-refractivity contribution is -0.162. The summed E-state index contributed by atoms with van der Waals surface area (Å²) >= 11 is 0. The van der Waals surface area contributed by atoms with Crippen molar-refractivity contribution in [3.05, 3.63) is 35.6 Å². The third-order valence-electron chi connectivity index (χ3n) is 4.82. The molecule has 2 N–H and O–H groups in total. The van der Waals surface area contributed by atoms with Crippen LogP contribution in [0.2, 0.25) is 0 Å². The Kier molecular flexibility index (Phi) is 8.44. The Balaban J connectivity index is 3.38. The van der Waals surface area contributed by atoms with Gasteiger partial charge in [-0.15, -0.1) is 0 Å². The van der Waals surface area contributed by atoms with E-state index in [0.29, 0.717) is 18.6 Å². The van der Waals surface area contributed by atoms with Gasteiger partial charge in [-0.05, 0) is 44.3 Å². The van der Waals surface area contributed by atoms with Crippen LogP contribution in [0, 0.1) is 11.8 Å². The molecule has 0 aromatic carbocycles. The molecule has 1 heterocycles. The maximum atomic E-state index is 12.7. The van der Waals surface area contributed by atoms with Crippen LogP contribution >= 0.6 is 0 Å². The van der Waals surface area contributed by atoms with Crippen LogP contribution in [0.4, 0.5) is 0 Å². The van der Waals surface area contributed by atoms with Crippen molar-refractivity contribution in [3.63, 3.8) is 0 Å². The van der Waals surface area contributed by atoms with E-state index in [2.05, 4.69) is 6.58 Å². The van der Waals surface area contributed by atoms with Crippen molar-refractivity contribution >= 4 is 11.8 Å². The smallest absolute Gasteiger partial charge is 0.316 e. The maximum absolute atomic E-state index is 12.7. The van der Waals surface area contributed by atoms with Gasteiger partial charge < -0.3 is 19.7 Å². The first kappa shape index (κ1) is 23.1. The van der Waals surface area contributed by atoms with E-state index in [1.807, 2.05) is 26.8 Å².